The Morgan fingerprint density at radius 1 is 0.710 bits per heavy atom. The third-order valence-electron chi connectivity index (χ3n) is 13.0. The lowest BCUT2D eigenvalue weighted by atomic mass is 9.82. The fraction of sp³-hybridized carbons (Fsp3) is 0.808. The Kier molecular flexibility index (Phi) is 34.1. The molecule has 16 nitrogen and oxygen atoms in total. The Balaban J connectivity index is 2.02. The minimum Gasteiger partial charge on any atom is -0.462 e. The first-order chi connectivity index (χ1) is 33.1. The maximum Gasteiger partial charge on any atom is 0.472 e. The molecular formula is C52H91O16P. The number of rotatable bonds is 26. The van der Waals surface area contributed by atoms with Crippen molar-refractivity contribution in [2.75, 3.05) is 13.2 Å². The number of hydrogen-bond acceptors (Lipinski definition) is 15. The van der Waals surface area contributed by atoms with E-state index in [9.17, 15) is 59.9 Å². The van der Waals surface area contributed by atoms with Gasteiger partial charge in [-0.15, -0.1) is 0 Å². The molecule has 69 heavy (non-hydrogen) atoms. The van der Waals surface area contributed by atoms with E-state index in [1.807, 2.05) is 6.92 Å². The van der Waals surface area contributed by atoms with Gasteiger partial charge in [0.25, 0.3) is 0 Å². The molecule has 1 saturated heterocycles. The number of ether oxygens (including phenoxy) is 2. The van der Waals surface area contributed by atoms with E-state index < -0.39 is 112 Å². The fourth-order valence-corrected chi connectivity index (χ4v) is 9.66. The number of carbonyl (C=O) groups excluding carboxylic acids is 2. The molecule has 2 bridgehead atoms. The van der Waals surface area contributed by atoms with Gasteiger partial charge in [0.05, 0.1) is 37.1 Å². The number of unbranched alkanes of at least 4 members (excludes halogenated alkanes) is 12. The molecule has 400 valence electrons. The summed E-state index contributed by atoms with van der Waals surface area (Å²) in [6, 6.07) is 0. The van der Waals surface area contributed by atoms with Crippen molar-refractivity contribution in [3.05, 3.63) is 48.6 Å². The summed E-state index contributed by atoms with van der Waals surface area (Å²) in [4.78, 5) is 36.5. The number of hydrogen-bond donors (Lipinski definition) is 9. The first kappa shape index (κ1) is 62.8. The molecule has 1 aliphatic heterocycles. The minimum atomic E-state index is -5.43. The summed E-state index contributed by atoms with van der Waals surface area (Å²) in [5.74, 6) is -3.89. The van der Waals surface area contributed by atoms with E-state index in [4.69, 9.17) is 18.5 Å². The molecule has 0 amide bonds. The largest absolute Gasteiger partial charge is 0.472 e. The molecule has 0 aromatic heterocycles. The molecule has 0 radical (unpaired) electrons. The molecule has 13 atom stereocenters. The summed E-state index contributed by atoms with van der Waals surface area (Å²) >= 11 is 0. The Morgan fingerprint density at radius 2 is 1.29 bits per heavy atom. The zero-order chi connectivity index (χ0) is 50.9. The molecule has 1 aliphatic carbocycles. The van der Waals surface area contributed by atoms with Gasteiger partial charge in [-0.25, -0.2) is 4.57 Å². The van der Waals surface area contributed by atoms with Crippen molar-refractivity contribution in [1.29, 1.82) is 0 Å². The zero-order valence-electron chi connectivity index (χ0n) is 41.7. The van der Waals surface area contributed by atoms with Crippen LogP contribution >= 0.6 is 7.82 Å². The van der Waals surface area contributed by atoms with Crippen LogP contribution in [0.5, 0.6) is 0 Å². The third kappa shape index (κ3) is 27.4. The van der Waals surface area contributed by atoms with Crippen LogP contribution in [0.2, 0.25) is 0 Å². The first-order valence-corrected chi connectivity index (χ1v) is 27.7. The van der Waals surface area contributed by atoms with Gasteiger partial charge >= 0.3 is 19.8 Å². The van der Waals surface area contributed by atoms with Crippen LogP contribution in [0.15, 0.2) is 48.6 Å². The van der Waals surface area contributed by atoms with Crippen molar-refractivity contribution in [2.24, 2.45) is 11.8 Å². The topological polar surface area (TPSA) is 270 Å². The Morgan fingerprint density at radius 3 is 1.96 bits per heavy atom. The second kappa shape index (κ2) is 37.4. The number of phosphoric acid groups is 1. The van der Waals surface area contributed by atoms with Crippen LogP contribution in [0, 0.1) is 11.8 Å². The SMILES string of the molecule is CCCCCC/C=C\C/C=C\C/C=C\CCCCCCCCC(=O)OC[C@@H]1COP(=O)(O)O[C@H]2[C@H](O)[C@@H](O)[C@H](O)[C@@H](CCCCCCC(=O)O1)[C@@H](O)C[C@@H](O)[C@H](/C=C/[C@@H](O)CCCCC)[C@@H](O)[C@H]2O. The van der Waals surface area contributed by atoms with Crippen LogP contribution in [0.25, 0.3) is 0 Å². The van der Waals surface area contributed by atoms with Gasteiger partial charge in [0, 0.05) is 31.1 Å². The van der Waals surface area contributed by atoms with Crippen molar-refractivity contribution in [1.82, 2.24) is 0 Å². The summed E-state index contributed by atoms with van der Waals surface area (Å²) in [6.45, 7) is 2.85. The molecule has 0 aromatic carbocycles. The molecule has 2 rings (SSSR count). The second-order valence-corrected chi connectivity index (χ2v) is 20.4. The van der Waals surface area contributed by atoms with Gasteiger partial charge in [0.2, 0.25) is 0 Å². The summed E-state index contributed by atoms with van der Waals surface area (Å²) in [5, 5.41) is 90.2. The van der Waals surface area contributed by atoms with Crippen LogP contribution in [0.4, 0.5) is 0 Å². The van der Waals surface area contributed by atoms with Gasteiger partial charge in [-0.1, -0.05) is 146 Å². The summed E-state index contributed by atoms with van der Waals surface area (Å²) in [7, 11) is -5.43. The number of cyclic esters (lactones) is 1. The molecule has 17 heteroatoms. The molecule has 2 aliphatic rings. The summed E-state index contributed by atoms with van der Waals surface area (Å²) < 4.78 is 34.8. The van der Waals surface area contributed by atoms with E-state index in [0.29, 0.717) is 44.9 Å². The molecule has 0 aromatic rings. The normalized spacial score (nSPS) is 31.3. The Hall–Kier alpha value is -2.31. The number of phosphoric ester groups is 1. The molecular weight excluding hydrogens is 912 g/mol. The van der Waals surface area contributed by atoms with Crippen molar-refractivity contribution in [2.45, 2.75) is 242 Å². The van der Waals surface area contributed by atoms with E-state index in [-0.39, 0.29) is 19.3 Å². The van der Waals surface area contributed by atoms with Crippen LogP contribution in [0.3, 0.4) is 0 Å². The highest BCUT2D eigenvalue weighted by molar-refractivity contribution is 7.47. The van der Waals surface area contributed by atoms with Gasteiger partial charge in [-0.05, 0) is 64.2 Å². The number of allylic oxidation sites excluding steroid dienone is 6. The lowest BCUT2D eigenvalue weighted by Gasteiger charge is -2.37. The number of carbonyl (C=O) groups is 2. The Labute approximate surface area is 412 Å². The second-order valence-electron chi connectivity index (χ2n) is 19.0. The predicted molar refractivity (Wildman–Crippen MR) is 264 cm³/mol. The van der Waals surface area contributed by atoms with E-state index >= 15 is 0 Å². The van der Waals surface area contributed by atoms with E-state index in [2.05, 4.69) is 43.4 Å². The maximum atomic E-state index is 13.5. The average molecular weight is 1000 g/mol. The van der Waals surface area contributed by atoms with E-state index in [1.165, 1.54) is 37.8 Å². The molecule has 1 unspecified atom stereocenters. The summed E-state index contributed by atoms with van der Waals surface area (Å²) in [5.41, 5.74) is 0. The van der Waals surface area contributed by atoms with Gasteiger partial charge in [-0.3, -0.25) is 18.6 Å². The zero-order valence-corrected chi connectivity index (χ0v) is 42.6. The summed E-state index contributed by atoms with van der Waals surface area (Å²) in [6.07, 6.45) is 16.1. The van der Waals surface area contributed by atoms with Crippen molar-refractivity contribution >= 4 is 19.8 Å². The highest BCUT2D eigenvalue weighted by atomic mass is 31.2. The quantitative estimate of drug-likeness (QED) is 0.0176. The van der Waals surface area contributed by atoms with Gasteiger partial charge in [0.15, 0.2) is 6.10 Å². The standard InChI is InChI=1S/C52H91O16P/c1-3-5-7-8-9-10-11-12-13-14-15-16-17-18-19-20-21-22-23-28-32-45(56)65-37-40-38-66-69(63,64)68-52-50(61)48(59)42(35-34-39(53)30-26-6-4-2)44(55)36-43(54)41(47(58)49(60)51(52)62)31-27-24-25-29-33-46(57)67-40/h10-11,13-14,16-17,34-35,39-44,47-55,58-62H,3-9,12,15,18-33,36-38H2,1-2H3,(H,63,64)/b11-10-,14-13-,17-16-,35-34+/t39-,40+,41-,42-,43-,44+,47+,48+,49-,50+,51+,52+/m0/s1. The molecule has 0 spiro atoms. The smallest absolute Gasteiger partial charge is 0.462 e. The van der Waals surface area contributed by atoms with Crippen LogP contribution < -0.4 is 0 Å². The molecule has 1 saturated carbocycles. The maximum absolute atomic E-state index is 13.5. The van der Waals surface area contributed by atoms with Crippen molar-refractivity contribution in [3.8, 4) is 0 Å². The number of aliphatic hydroxyl groups is 8. The van der Waals surface area contributed by atoms with E-state index in [1.54, 1.807) is 0 Å². The lowest BCUT2D eigenvalue weighted by molar-refractivity contribution is -0.167. The predicted octanol–water partition coefficient (Wildman–Crippen LogP) is 7.50. The average Bonchev–Trinajstić information content (AvgIpc) is 3.32. The van der Waals surface area contributed by atoms with Crippen LogP contribution in [0.1, 0.15) is 181 Å². The van der Waals surface area contributed by atoms with Gasteiger partial charge in [0.1, 0.15) is 31.0 Å². The molecule has 9 N–H and O–H groups in total. The Bertz CT molecular complexity index is 1520. The van der Waals surface area contributed by atoms with Gasteiger partial charge < -0.3 is 55.2 Å². The highest BCUT2D eigenvalue weighted by Crippen LogP contribution is 2.47. The van der Waals surface area contributed by atoms with Crippen molar-refractivity contribution in [3.63, 3.8) is 0 Å². The minimum absolute atomic E-state index is 0.0527. The third-order valence-corrected chi connectivity index (χ3v) is 14.0. The number of aliphatic hydroxyl groups excluding tert-OH is 8. The van der Waals surface area contributed by atoms with Crippen LogP contribution in [-0.4, -0.2) is 132 Å². The van der Waals surface area contributed by atoms with Crippen molar-refractivity contribution < 1.29 is 78.4 Å². The molecule has 1 heterocycles. The monoisotopic (exact) mass is 1000 g/mol. The fourth-order valence-electron chi connectivity index (χ4n) is 8.68. The lowest BCUT2D eigenvalue weighted by Crippen LogP contribution is -2.55. The van der Waals surface area contributed by atoms with Gasteiger partial charge in [-0.2, -0.15) is 0 Å². The highest BCUT2D eigenvalue weighted by Gasteiger charge is 2.49. The molecule has 2 fully saturated rings. The van der Waals surface area contributed by atoms with Crippen LogP contribution in [-0.2, 0) is 32.7 Å². The number of esters is 2. The van der Waals surface area contributed by atoms with E-state index in [0.717, 1.165) is 70.6 Å². The first-order valence-electron chi connectivity index (χ1n) is 26.2. The number of fused-ring (bicyclic) bond motifs is 4.